The first-order valence-corrected chi connectivity index (χ1v) is 6.98. The predicted octanol–water partition coefficient (Wildman–Crippen LogP) is 1.21. The summed E-state index contributed by atoms with van der Waals surface area (Å²) in [5, 5.41) is 0. The molecule has 106 valence electrons. The Morgan fingerprint density at radius 3 is 2.84 bits per heavy atom. The van der Waals surface area contributed by atoms with Crippen molar-refractivity contribution in [2.45, 2.75) is 39.3 Å². The summed E-state index contributed by atoms with van der Waals surface area (Å²) in [4.78, 5) is 21.2. The minimum Gasteiger partial charge on any atom is -0.344 e. The number of carbonyl (C=O) groups is 1. The van der Waals surface area contributed by atoms with E-state index in [9.17, 15) is 4.79 Å². The maximum absolute atomic E-state index is 12.7. The maximum atomic E-state index is 12.7. The Kier molecular flexibility index (Phi) is 3.94. The molecule has 0 saturated heterocycles. The van der Waals surface area contributed by atoms with E-state index in [-0.39, 0.29) is 11.9 Å². The second-order valence-corrected chi connectivity index (χ2v) is 5.52. The number of rotatable bonds is 3. The molecule has 5 heteroatoms. The lowest BCUT2D eigenvalue weighted by atomic mass is 9.99. The highest BCUT2D eigenvalue weighted by molar-refractivity contribution is 5.83. The van der Waals surface area contributed by atoms with E-state index in [1.807, 2.05) is 31.9 Å². The van der Waals surface area contributed by atoms with Crippen molar-refractivity contribution in [3.8, 4) is 0 Å². The lowest BCUT2D eigenvalue weighted by Gasteiger charge is -2.39. The number of hydrogen-bond acceptors (Lipinski definition) is 3. The second-order valence-electron chi connectivity index (χ2n) is 5.52. The van der Waals surface area contributed by atoms with Gasteiger partial charge in [-0.05, 0) is 20.8 Å². The van der Waals surface area contributed by atoms with E-state index in [0.29, 0.717) is 6.04 Å². The molecule has 5 nitrogen and oxygen atoms in total. The van der Waals surface area contributed by atoms with Gasteiger partial charge in [-0.3, -0.25) is 9.69 Å². The fourth-order valence-corrected chi connectivity index (χ4v) is 2.73. The zero-order chi connectivity index (χ0) is 14.2. The minimum absolute atomic E-state index is 0.167. The number of carbonyl (C=O) groups excluding carboxylic acids is 1. The summed E-state index contributed by atoms with van der Waals surface area (Å²) in [6.07, 6.45) is 2.74. The van der Waals surface area contributed by atoms with Gasteiger partial charge < -0.3 is 9.47 Å². The Labute approximate surface area is 115 Å². The van der Waals surface area contributed by atoms with Gasteiger partial charge in [0.2, 0.25) is 5.91 Å². The summed E-state index contributed by atoms with van der Waals surface area (Å²) in [5.74, 6) is 0.167. The Morgan fingerprint density at radius 1 is 1.58 bits per heavy atom. The summed E-state index contributed by atoms with van der Waals surface area (Å²) >= 11 is 0. The molecule has 19 heavy (non-hydrogen) atoms. The SMILES string of the molecule is CCN(C)C(=O)[C@@H]1c2c(ncn2C)CCN1C(C)C. The summed E-state index contributed by atoms with van der Waals surface area (Å²) in [6.45, 7) is 7.93. The summed E-state index contributed by atoms with van der Waals surface area (Å²) in [6, 6.07) is 0.156. The monoisotopic (exact) mass is 264 g/mol. The third kappa shape index (κ3) is 2.39. The molecule has 1 aromatic rings. The molecule has 1 aliphatic heterocycles. The highest BCUT2D eigenvalue weighted by Gasteiger charge is 2.38. The van der Waals surface area contributed by atoms with Crippen LogP contribution in [0, 0.1) is 0 Å². The van der Waals surface area contributed by atoms with E-state index in [0.717, 1.165) is 30.9 Å². The molecule has 2 rings (SSSR count). The van der Waals surface area contributed by atoms with E-state index in [1.54, 1.807) is 4.90 Å². The van der Waals surface area contributed by atoms with Gasteiger partial charge in [-0.2, -0.15) is 0 Å². The highest BCUT2D eigenvalue weighted by atomic mass is 16.2. The highest BCUT2D eigenvalue weighted by Crippen LogP contribution is 2.31. The molecule has 1 aromatic heterocycles. The molecule has 0 aromatic carbocycles. The van der Waals surface area contributed by atoms with Crippen LogP contribution >= 0.6 is 0 Å². The van der Waals surface area contributed by atoms with Crippen LogP contribution in [0.25, 0.3) is 0 Å². The van der Waals surface area contributed by atoms with Gasteiger partial charge in [-0.15, -0.1) is 0 Å². The molecule has 0 unspecified atom stereocenters. The molecule has 1 amide bonds. The normalized spacial score (nSPS) is 19.6. The van der Waals surface area contributed by atoms with Crippen LogP contribution in [-0.2, 0) is 18.3 Å². The van der Waals surface area contributed by atoms with Crippen molar-refractivity contribution < 1.29 is 4.79 Å². The van der Waals surface area contributed by atoms with Crippen molar-refractivity contribution in [1.82, 2.24) is 19.4 Å². The predicted molar refractivity (Wildman–Crippen MR) is 74.8 cm³/mol. The maximum Gasteiger partial charge on any atom is 0.245 e. The lowest BCUT2D eigenvalue weighted by molar-refractivity contribution is -0.137. The van der Waals surface area contributed by atoms with Crippen molar-refractivity contribution in [1.29, 1.82) is 0 Å². The Morgan fingerprint density at radius 2 is 2.26 bits per heavy atom. The topological polar surface area (TPSA) is 41.4 Å². The first kappa shape index (κ1) is 14.1. The van der Waals surface area contributed by atoms with Gasteiger partial charge in [0.05, 0.1) is 17.7 Å². The molecule has 0 spiro atoms. The molecule has 0 fully saturated rings. The van der Waals surface area contributed by atoms with E-state index >= 15 is 0 Å². The largest absolute Gasteiger partial charge is 0.344 e. The molecule has 0 saturated carbocycles. The molecule has 0 N–H and O–H groups in total. The fraction of sp³-hybridized carbons (Fsp3) is 0.714. The zero-order valence-electron chi connectivity index (χ0n) is 12.6. The standard InChI is InChI=1S/C14H24N4O/c1-6-16(4)14(19)13-12-11(15-9-17(12)5)7-8-18(13)10(2)3/h9-10,13H,6-8H2,1-5H3/t13-/m0/s1. The van der Waals surface area contributed by atoms with Gasteiger partial charge >= 0.3 is 0 Å². The molecule has 1 aliphatic rings. The first-order valence-electron chi connectivity index (χ1n) is 6.98. The molecule has 0 radical (unpaired) electrons. The van der Waals surface area contributed by atoms with Gasteiger partial charge in [0.1, 0.15) is 6.04 Å². The smallest absolute Gasteiger partial charge is 0.245 e. The number of hydrogen-bond donors (Lipinski definition) is 0. The number of imidazole rings is 1. The second kappa shape index (κ2) is 5.33. The van der Waals surface area contributed by atoms with Crippen LogP contribution in [0.1, 0.15) is 38.2 Å². The number of aryl methyl sites for hydroxylation is 1. The van der Waals surface area contributed by atoms with Gasteiger partial charge in [0.25, 0.3) is 0 Å². The molecule has 0 bridgehead atoms. The molecular weight excluding hydrogens is 240 g/mol. The van der Waals surface area contributed by atoms with Crippen LogP contribution in [0.2, 0.25) is 0 Å². The third-order valence-electron chi connectivity index (χ3n) is 4.01. The number of likely N-dealkylation sites (N-methyl/N-ethyl adjacent to an activating group) is 1. The van der Waals surface area contributed by atoms with Crippen LogP contribution in [0.15, 0.2) is 6.33 Å². The Hall–Kier alpha value is -1.36. The van der Waals surface area contributed by atoms with Crippen molar-refractivity contribution >= 4 is 5.91 Å². The summed E-state index contributed by atoms with van der Waals surface area (Å²) in [5.41, 5.74) is 2.13. The van der Waals surface area contributed by atoms with Crippen LogP contribution in [0.5, 0.6) is 0 Å². The van der Waals surface area contributed by atoms with Crippen LogP contribution in [0.4, 0.5) is 0 Å². The number of fused-ring (bicyclic) bond motifs is 1. The third-order valence-corrected chi connectivity index (χ3v) is 4.01. The van der Waals surface area contributed by atoms with E-state index in [2.05, 4.69) is 23.7 Å². The Bertz CT molecular complexity index is 466. The molecule has 2 heterocycles. The zero-order valence-corrected chi connectivity index (χ0v) is 12.6. The van der Waals surface area contributed by atoms with Crippen molar-refractivity contribution in [3.63, 3.8) is 0 Å². The van der Waals surface area contributed by atoms with Crippen LogP contribution < -0.4 is 0 Å². The number of amides is 1. The van der Waals surface area contributed by atoms with Gasteiger partial charge in [0, 0.05) is 39.6 Å². The molecule has 1 atom stereocenters. The van der Waals surface area contributed by atoms with Gasteiger partial charge in [-0.1, -0.05) is 0 Å². The minimum atomic E-state index is -0.193. The summed E-state index contributed by atoms with van der Waals surface area (Å²) < 4.78 is 2.00. The number of aromatic nitrogens is 2. The number of nitrogens with zero attached hydrogens (tertiary/aromatic N) is 4. The van der Waals surface area contributed by atoms with Crippen LogP contribution in [-0.4, -0.2) is 51.4 Å². The Balaban J connectivity index is 2.43. The molecule has 0 aliphatic carbocycles. The van der Waals surface area contributed by atoms with E-state index in [1.165, 1.54) is 0 Å². The summed E-state index contributed by atoms with van der Waals surface area (Å²) in [7, 11) is 3.84. The van der Waals surface area contributed by atoms with Crippen molar-refractivity contribution in [3.05, 3.63) is 17.7 Å². The first-order chi connectivity index (χ1) is 8.97. The lowest BCUT2D eigenvalue weighted by Crippen LogP contribution is -2.48. The quantitative estimate of drug-likeness (QED) is 0.824. The van der Waals surface area contributed by atoms with Gasteiger partial charge in [0.15, 0.2) is 0 Å². The average molecular weight is 264 g/mol. The fourth-order valence-electron chi connectivity index (χ4n) is 2.73. The van der Waals surface area contributed by atoms with Crippen molar-refractivity contribution in [2.75, 3.05) is 20.1 Å². The van der Waals surface area contributed by atoms with E-state index in [4.69, 9.17) is 0 Å². The average Bonchev–Trinajstić information content (AvgIpc) is 2.77. The van der Waals surface area contributed by atoms with Crippen LogP contribution in [0.3, 0.4) is 0 Å². The van der Waals surface area contributed by atoms with E-state index < -0.39 is 0 Å². The van der Waals surface area contributed by atoms with Gasteiger partial charge in [-0.25, -0.2) is 4.98 Å². The van der Waals surface area contributed by atoms with Crippen molar-refractivity contribution in [2.24, 2.45) is 7.05 Å². The molecular formula is C14H24N4O.